The summed E-state index contributed by atoms with van der Waals surface area (Å²) in [5, 5.41) is 0. The number of rotatable bonds is 1. The van der Waals surface area contributed by atoms with Crippen LogP contribution in [-0.2, 0) is 0 Å². The van der Waals surface area contributed by atoms with E-state index in [0.29, 0.717) is 0 Å². The van der Waals surface area contributed by atoms with Crippen molar-refractivity contribution < 1.29 is 0 Å². The molecule has 0 atom stereocenters. The maximum Gasteiger partial charge on any atom is 0.129 e. The summed E-state index contributed by atoms with van der Waals surface area (Å²) in [5.74, 6) is 1.15. The Morgan fingerprint density at radius 3 is 2.75 bits per heavy atom. The molecule has 1 nitrogen and oxygen atoms in total. The van der Waals surface area contributed by atoms with Crippen molar-refractivity contribution in [2.45, 2.75) is 4.90 Å². The maximum atomic E-state index is 4.37. The molecular formula is C9H9NS2. The Morgan fingerprint density at radius 2 is 2.08 bits per heavy atom. The molecule has 1 aromatic carbocycles. The second kappa shape index (κ2) is 4.01. The molecule has 0 N–H and O–H groups in total. The predicted molar refractivity (Wildman–Crippen MR) is 57.1 cm³/mol. The summed E-state index contributed by atoms with van der Waals surface area (Å²) in [6, 6.07) is 10.4. The predicted octanol–water partition coefficient (Wildman–Crippen LogP) is 2.88. The van der Waals surface area contributed by atoms with Gasteiger partial charge in [-0.3, -0.25) is 4.99 Å². The summed E-state index contributed by atoms with van der Waals surface area (Å²) >= 11 is 3.61. The Morgan fingerprint density at radius 1 is 1.25 bits per heavy atom. The van der Waals surface area contributed by atoms with Gasteiger partial charge in [-0.15, -0.1) is 0 Å². The van der Waals surface area contributed by atoms with Crippen LogP contribution >= 0.6 is 23.5 Å². The van der Waals surface area contributed by atoms with E-state index < -0.39 is 0 Å². The molecule has 0 aliphatic carbocycles. The summed E-state index contributed by atoms with van der Waals surface area (Å²) in [5.41, 5.74) is 0. The van der Waals surface area contributed by atoms with Crippen molar-refractivity contribution in [3.8, 4) is 0 Å². The van der Waals surface area contributed by atoms with Gasteiger partial charge < -0.3 is 0 Å². The second-order valence-electron chi connectivity index (χ2n) is 2.41. The fraction of sp³-hybridized carbons (Fsp3) is 0.222. The molecule has 0 fully saturated rings. The van der Waals surface area contributed by atoms with Gasteiger partial charge in [-0.25, -0.2) is 0 Å². The second-order valence-corrected chi connectivity index (χ2v) is 4.82. The molecule has 1 aromatic rings. The number of thioether (sulfide) groups is 2. The molecular weight excluding hydrogens is 186 g/mol. The minimum absolute atomic E-state index is 0.986. The fourth-order valence-electron chi connectivity index (χ4n) is 0.967. The van der Waals surface area contributed by atoms with Crippen LogP contribution in [-0.4, -0.2) is 16.7 Å². The van der Waals surface area contributed by atoms with Crippen molar-refractivity contribution in [1.29, 1.82) is 0 Å². The molecule has 0 spiro atoms. The summed E-state index contributed by atoms with van der Waals surface area (Å²) < 4.78 is 1.21. The number of benzene rings is 1. The van der Waals surface area contributed by atoms with Gasteiger partial charge >= 0.3 is 0 Å². The molecule has 0 bridgehead atoms. The van der Waals surface area contributed by atoms with Crippen molar-refractivity contribution in [2.24, 2.45) is 4.99 Å². The van der Waals surface area contributed by atoms with E-state index in [-0.39, 0.29) is 0 Å². The van der Waals surface area contributed by atoms with Crippen molar-refractivity contribution >= 4 is 27.9 Å². The highest BCUT2D eigenvalue weighted by molar-refractivity contribution is 8.39. The highest BCUT2D eigenvalue weighted by atomic mass is 32.2. The van der Waals surface area contributed by atoms with Crippen LogP contribution in [0.25, 0.3) is 0 Å². The molecule has 1 aliphatic rings. The Bertz CT molecular complexity index is 282. The Kier molecular flexibility index (Phi) is 2.74. The zero-order valence-electron chi connectivity index (χ0n) is 6.56. The van der Waals surface area contributed by atoms with Crippen molar-refractivity contribution in [3.63, 3.8) is 0 Å². The normalized spacial score (nSPS) is 16.2. The topological polar surface area (TPSA) is 12.4 Å². The van der Waals surface area contributed by atoms with Gasteiger partial charge in [0.15, 0.2) is 0 Å². The van der Waals surface area contributed by atoms with Crippen LogP contribution in [0.4, 0.5) is 0 Å². The molecule has 3 heteroatoms. The van der Waals surface area contributed by atoms with E-state index in [0.717, 1.165) is 12.3 Å². The molecule has 62 valence electrons. The Balaban J connectivity index is 2.04. The fourth-order valence-corrected chi connectivity index (χ4v) is 2.93. The van der Waals surface area contributed by atoms with E-state index in [9.17, 15) is 0 Å². The summed E-state index contributed by atoms with van der Waals surface area (Å²) in [6.45, 7) is 0.986. The molecule has 0 unspecified atom stereocenters. The third-order valence-electron chi connectivity index (χ3n) is 1.51. The number of aliphatic imine (C=N–C) groups is 1. The van der Waals surface area contributed by atoms with E-state index in [1.165, 1.54) is 9.27 Å². The first-order valence-corrected chi connectivity index (χ1v) is 5.65. The highest BCUT2D eigenvalue weighted by Gasteiger charge is 2.07. The number of hydrogen-bond acceptors (Lipinski definition) is 3. The number of hydrogen-bond donors (Lipinski definition) is 0. The van der Waals surface area contributed by atoms with Crippen LogP contribution in [0.15, 0.2) is 40.2 Å². The first-order chi connectivity index (χ1) is 5.95. The van der Waals surface area contributed by atoms with Gasteiger partial charge in [-0.1, -0.05) is 41.7 Å². The third-order valence-corrected chi connectivity index (χ3v) is 3.68. The van der Waals surface area contributed by atoms with E-state index in [1.54, 1.807) is 11.8 Å². The molecule has 1 heterocycles. The van der Waals surface area contributed by atoms with Crippen LogP contribution in [0.5, 0.6) is 0 Å². The van der Waals surface area contributed by atoms with Gasteiger partial charge in [0.1, 0.15) is 4.38 Å². The molecule has 0 radical (unpaired) electrons. The maximum absolute atomic E-state index is 4.37. The zero-order chi connectivity index (χ0) is 8.23. The SMILES string of the molecule is c1ccc(SC2=NCCS2)cc1. The Hall–Kier alpha value is -0.410. The van der Waals surface area contributed by atoms with Gasteiger partial charge in [0.25, 0.3) is 0 Å². The minimum atomic E-state index is 0.986. The first kappa shape index (κ1) is 8.20. The smallest absolute Gasteiger partial charge is 0.129 e. The average molecular weight is 195 g/mol. The van der Waals surface area contributed by atoms with E-state index >= 15 is 0 Å². The lowest BCUT2D eigenvalue weighted by Crippen LogP contribution is -1.78. The molecule has 0 aromatic heterocycles. The standard InChI is InChI=1S/C9H9NS2/c1-2-4-8(5-3-1)12-9-10-6-7-11-9/h1-5H,6-7H2. The summed E-state index contributed by atoms with van der Waals surface area (Å²) in [4.78, 5) is 5.66. The largest absolute Gasteiger partial charge is 0.271 e. The summed E-state index contributed by atoms with van der Waals surface area (Å²) in [7, 11) is 0. The van der Waals surface area contributed by atoms with E-state index in [4.69, 9.17) is 0 Å². The van der Waals surface area contributed by atoms with Crippen molar-refractivity contribution in [3.05, 3.63) is 30.3 Å². The van der Waals surface area contributed by atoms with Crippen LogP contribution in [0.2, 0.25) is 0 Å². The quantitative estimate of drug-likeness (QED) is 0.683. The van der Waals surface area contributed by atoms with Crippen LogP contribution in [0.3, 0.4) is 0 Å². The molecule has 0 saturated carbocycles. The van der Waals surface area contributed by atoms with Gasteiger partial charge in [-0.05, 0) is 12.1 Å². The lowest BCUT2D eigenvalue weighted by Gasteiger charge is -1.97. The number of nitrogens with zero attached hydrogens (tertiary/aromatic N) is 1. The van der Waals surface area contributed by atoms with Crippen LogP contribution in [0.1, 0.15) is 0 Å². The van der Waals surface area contributed by atoms with Crippen molar-refractivity contribution in [1.82, 2.24) is 0 Å². The third kappa shape index (κ3) is 2.05. The van der Waals surface area contributed by atoms with E-state index in [2.05, 4.69) is 29.3 Å². The minimum Gasteiger partial charge on any atom is -0.271 e. The molecule has 0 amide bonds. The van der Waals surface area contributed by atoms with Gasteiger partial charge in [0.2, 0.25) is 0 Å². The first-order valence-electron chi connectivity index (χ1n) is 3.85. The highest BCUT2D eigenvalue weighted by Crippen LogP contribution is 2.28. The van der Waals surface area contributed by atoms with Crippen LogP contribution < -0.4 is 0 Å². The average Bonchev–Trinajstić information content (AvgIpc) is 2.59. The molecule has 0 saturated heterocycles. The molecule has 12 heavy (non-hydrogen) atoms. The monoisotopic (exact) mass is 195 g/mol. The van der Waals surface area contributed by atoms with Gasteiger partial charge in [0, 0.05) is 10.6 Å². The molecule has 1 aliphatic heterocycles. The lowest BCUT2D eigenvalue weighted by atomic mass is 10.4. The lowest BCUT2D eigenvalue weighted by molar-refractivity contribution is 1.18. The summed E-state index contributed by atoms with van der Waals surface area (Å²) in [6.07, 6.45) is 0. The molecule has 2 rings (SSSR count). The van der Waals surface area contributed by atoms with Crippen molar-refractivity contribution in [2.75, 3.05) is 12.3 Å². The van der Waals surface area contributed by atoms with Gasteiger partial charge in [0.05, 0.1) is 6.54 Å². The van der Waals surface area contributed by atoms with E-state index in [1.807, 2.05) is 17.8 Å². The van der Waals surface area contributed by atoms with Crippen LogP contribution in [0, 0.1) is 0 Å². The zero-order valence-corrected chi connectivity index (χ0v) is 8.20. The van der Waals surface area contributed by atoms with Gasteiger partial charge in [-0.2, -0.15) is 0 Å². The Labute approximate surface area is 80.7 Å².